The fraction of sp³-hybridized carbons (Fsp3) is 0.538. The van der Waals surface area contributed by atoms with Crippen molar-refractivity contribution in [1.29, 1.82) is 0 Å². The Hall–Kier alpha value is -0.730. The Morgan fingerprint density at radius 3 is 2.31 bits per heavy atom. The van der Waals surface area contributed by atoms with Crippen LogP contribution in [-0.2, 0) is 5.41 Å². The van der Waals surface area contributed by atoms with Crippen molar-refractivity contribution in [3.05, 3.63) is 28.3 Å². The van der Waals surface area contributed by atoms with E-state index < -0.39 is 0 Å². The molecule has 90 valence electrons. The van der Waals surface area contributed by atoms with Crippen LogP contribution in [0.5, 0.6) is 5.75 Å². The van der Waals surface area contributed by atoms with Crippen LogP contribution in [0, 0.1) is 0 Å². The standard InChI is InChI=1S/C13H19ClO2/c1-8(7-15)10-5-9(14)6-11(12(10)16)13(2,3)4/h5-6,8,15-16H,7H2,1-4H3. The van der Waals surface area contributed by atoms with Gasteiger partial charge in [-0.15, -0.1) is 0 Å². The first-order chi connectivity index (χ1) is 7.27. The highest BCUT2D eigenvalue weighted by Gasteiger charge is 2.22. The summed E-state index contributed by atoms with van der Waals surface area (Å²) in [5.74, 6) is 0.137. The van der Waals surface area contributed by atoms with Crippen molar-refractivity contribution in [1.82, 2.24) is 0 Å². The van der Waals surface area contributed by atoms with Gasteiger partial charge in [-0.25, -0.2) is 0 Å². The molecular formula is C13H19ClO2. The molecule has 1 aromatic carbocycles. The molecule has 1 atom stereocenters. The van der Waals surface area contributed by atoms with Crippen molar-refractivity contribution < 1.29 is 10.2 Å². The van der Waals surface area contributed by atoms with Crippen LogP contribution in [0.3, 0.4) is 0 Å². The minimum absolute atomic E-state index is 0.00249. The number of rotatable bonds is 2. The lowest BCUT2D eigenvalue weighted by molar-refractivity contribution is 0.270. The molecule has 0 aromatic heterocycles. The lowest BCUT2D eigenvalue weighted by Crippen LogP contribution is -2.13. The Balaban J connectivity index is 3.38. The first-order valence-electron chi connectivity index (χ1n) is 5.41. The van der Waals surface area contributed by atoms with Gasteiger partial charge in [-0.2, -0.15) is 0 Å². The summed E-state index contributed by atoms with van der Waals surface area (Å²) in [6.45, 7) is 7.92. The minimum Gasteiger partial charge on any atom is -0.507 e. The van der Waals surface area contributed by atoms with E-state index in [1.165, 1.54) is 0 Å². The number of phenols is 1. The zero-order valence-electron chi connectivity index (χ0n) is 10.2. The maximum atomic E-state index is 10.2. The molecule has 2 nitrogen and oxygen atoms in total. The summed E-state index contributed by atoms with van der Waals surface area (Å²) in [5.41, 5.74) is 1.36. The summed E-state index contributed by atoms with van der Waals surface area (Å²) < 4.78 is 0. The Morgan fingerprint density at radius 2 is 1.88 bits per heavy atom. The van der Waals surface area contributed by atoms with Gasteiger partial charge in [0.2, 0.25) is 0 Å². The van der Waals surface area contributed by atoms with Gasteiger partial charge in [0.05, 0.1) is 0 Å². The summed E-state index contributed by atoms with van der Waals surface area (Å²) in [6.07, 6.45) is 0. The highest BCUT2D eigenvalue weighted by atomic mass is 35.5. The molecule has 0 radical (unpaired) electrons. The third-order valence-electron chi connectivity index (χ3n) is 2.72. The molecule has 2 N–H and O–H groups in total. The van der Waals surface area contributed by atoms with E-state index in [0.29, 0.717) is 10.6 Å². The van der Waals surface area contributed by atoms with Gasteiger partial charge in [0, 0.05) is 28.7 Å². The topological polar surface area (TPSA) is 40.5 Å². The van der Waals surface area contributed by atoms with Crippen LogP contribution >= 0.6 is 11.6 Å². The second kappa shape index (κ2) is 4.64. The van der Waals surface area contributed by atoms with Crippen LogP contribution in [0.4, 0.5) is 0 Å². The number of aromatic hydroxyl groups is 1. The molecule has 0 heterocycles. The highest BCUT2D eigenvalue weighted by Crippen LogP contribution is 2.38. The smallest absolute Gasteiger partial charge is 0.122 e. The summed E-state index contributed by atoms with van der Waals surface area (Å²) in [6, 6.07) is 3.50. The largest absolute Gasteiger partial charge is 0.507 e. The number of hydrogen-bond acceptors (Lipinski definition) is 2. The molecule has 0 saturated heterocycles. The van der Waals surface area contributed by atoms with E-state index >= 15 is 0 Å². The van der Waals surface area contributed by atoms with Crippen molar-refractivity contribution >= 4 is 11.6 Å². The molecule has 0 saturated carbocycles. The van der Waals surface area contributed by atoms with Gasteiger partial charge in [-0.3, -0.25) is 0 Å². The molecule has 3 heteroatoms. The molecule has 0 aliphatic heterocycles. The summed E-state index contributed by atoms with van der Waals surface area (Å²) in [7, 11) is 0. The Bertz CT molecular complexity index is 380. The molecule has 1 unspecified atom stereocenters. The average molecular weight is 243 g/mol. The van der Waals surface area contributed by atoms with Gasteiger partial charge in [0.25, 0.3) is 0 Å². The first-order valence-corrected chi connectivity index (χ1v) is 5.79. The first kappa shape index (κ1) is 13.3. The van der Waals surface area contributed by atoms with Gasteiger partial charge in [0.1, 0.15) is 5.75 Å². The van der Waals surface area contributed by atoms with Crippen LogP contribution in [0.25, 0.3) is 0 Å². The van der Waals surface area contributed by atoms with E-state index in [1.807, 2.05) is 27.7 Å². The monoisotopic (exact) mass is 242 g/mol. The predicted octanol–water partition coefficient (Wildman–Crippen LogP) is 3.44. The zero-order valence-corrected chi connectivity index (χ0v) is 11.0. The zero-order chi connectivity index (χ0) is 12.5. The number of phenolic OH excluding ortho intramolecular Hbond substituents is 1. The minimum atomic E-state index is -0.168. The van der Waals surface area contributed by atoms with Crippen molar-refractivity contribution in [2.75, 3.05) is 6.61 Å². The maximum absolute atomic E-state index is 10.2. The number of hydrogen-bond donors (Lipinski definition) is 2. The molecular weight excluding hydrogens is 224 g/mol. The van der Waals surface area contributed by atoms with Gasteiger partial charge in [-0.05, 0) is 17.5 Å². The number of aliphatic hydroxyl groups is 1. The maximum Gasteiger partial charge on any atom is 0.122 e. The molecule has 0 bridgehead atoms. The predicted molar refractivity (Wildman–Crippen MR) is 67.3 cm³/mol. The molecule has 16 heavy (non-hydrogen) atoms. The van der Waals surface area contributed by atoms with E-state index in [2.05, 4.69) is 0 Å². The molecule has 1 aromatic rings. The molecule has 0 fully saturated rings. The SMILES string of the molecule is CC(CO)c1cc(Cl)cc(C(C)(C)C)c1O. The van der Waals surface area contributed by atoms with E-state index in [4.69, 9.17) is 16.7 Å². The van der Waals surface area contributed by atoms with Crippen LogP contribution < -0.4 is 0 Å². The van der Waals surface area contributed by atoms with E-state index in [0.717, 1.165) is 5.56 Å². The van der Waals surface area contributed by atoms with Crippen molar-refractivity contribution in [3.8, 4) is 5.75 Å². The molecule has 0 aliphatic carbocycles. The Kier molecular flexibility index (Phi) is 3.87. The highest BCUT2D eigenvalue weighted by molar-refractivity contribution is 6.30. The van der Waals surface area contributed by atoms with Crippen LogP contribution in [0.15, 0.2) is 12.1 Å². The molecule has 1 rings (SSSR count). The Labute approximate surface area is 102 Å². The van der Waals surface area contributed by atoms with Gasteiger partial charge >= 0.3 is 0 Å². The summed E-state index contributed by atoms with van der Waals surface area (Å²) in [4.78, 5) is 0. The summed E-state index contributed by atoms with van der Waals surface area (Å²) >= 11 is 6.04. The van der Waals surface area contributed by atoms with E-state index in [-0.39, 0.29) is 23.7 Å². The molecule has 0 spiro atoms. The molecule has 0 amide bonds. The Morgan fingerprint density at radius 1 is 1.31 bits per heavy atom. The van der Waals surface area contributed by atoms with Gasteiger partial charge in [0.15, 0.2) is 0 Å². The van der Waals surface area contributed by atoms with E-state index in [9.17, 15) is 5.11 Å². The summed E-state index contributed by atoms with van der Waals surface area (Å²) in [5, 5.41) is 19.9. The number of benzene rings is 1. The second-order valence-corrected chi connectivity index (χ2v) is 5.66. The third kappa shape index (κ3) is 2.69. The lowest BCUT2D eigenvalue weighted by atomic mass is 9.83. The van der Waals surface area contributed by atoms with Crippen LogP contribution in [-0.4, -0.2) is 16.8 Å². The average Bonchev–Trinajstić information content (AvgIpc) is 2.18. The quantitative estimate of drug-likeness (QED) is 0.834. The number of aliphatic hydroxyl groups excluding tert-OH is 1. The fourth-order valence-corrected chi connectivity index (χ4v) is 1.89. The van der Waals surface area contributed by atoms with Crippen molar-refractivity contribution in [2.45, 2.75) is 39.0 Å². The van der Waals surface area contributed by atoms with Crippen LogP contribution in [0.2, 0.25) is 5.02 Å². The van der Waals surface area contributed by atoms with Gasteiger partial charge in [-0.1, -0.05) is 39.3 Å². The second-order valence-electron chi connectivity index (χ2n) is 5.22. The van der Waals surface area contributed by atoms with E-state index in [1.54, 1.807) is 12.1 Å². The third-order valence-corrected chi connectivity index (χ3v) is 2.94. The fourth-order valence-electron chi connectivity index (χ4n) is 1.67. The van der Waals surface area contributed by atoms with Gasteiger partial charge < -0.3 is 10.2 Å². The number of halogens is 1. The normalized spacial score (nSPS) is 13.9. The van der Waals surface area contributed by atoms with Crippen molar-refractivity contribution in [3.63, 3.8) is 0 Å². The molecule has 0 aliphatic rings. The van der Waals surface area contributed by atoms with Crippen LogP contribution in [0.1, 0.15) is 44.7 Å². The van der Waals surface area contributed by atoms with Crippen molar-refractivity contribution in [2.24, 2.45) is 0 Å². The lowest BCUT2D eigenvalue weighted by Gasteiger charge is -2.23.